The number of nitrogen functional groups attached to an aromatic ring is 1. The maximum atomic E-state index is 11.9. The molecular weight excluding hydrogens is 276 g/mol. The molecule has 0 unspecified atom stereocenters. The summed E-state index contributed by atoms with van der Waals surface area (Å²) in [5.41, 5.74) is 9.36. The van der Waals surface area contributed by atoms with Gasteiger partial charge in [-0.1, -0.05) is 11.6 Å². The maximum Gasteiger partial charge on any atom is 0.253 e. The van der Waals surface area contributed by atoms with E-state index in [1.807, 2.05) is 13.8 Å². The lowest BCUT2D eigenvalue weighted by molar-refractivity contribution is 0.0827. The number of carbonyl (C=O) groups is 1. The van der Waals surface area contributed by atoms with Crippen molar-refractivity contribution in [3.63, 3.8) is 0 Å². The Kier molecular flexibility index (Phi) is 3.72. The molecular formula is C14H17ClN4O. The number of hydrogen-bond donors (Lipinski definition) is 1. The molecule has 2 rings (SSSR count). The summed E-state index contributed by atoms with van der Waals surface area (Å²) in [6, 6.07) is 5.17. The zero-order valence-electron chi connectivity index (χ0n) is 11.9. The van der Waals surface area contributed by atoms with Gasteiger partial charge >= 0.3 is 0 Å². The van der Waals surface area contributed by atoms with Gasteiger partial charge in [-0.3, -0.25) is 4.79 Å². The second-order valence-electron chi connectivity index (χ2n) is 4.87. The van der Waals surface area contributed by atoms with Crippen molar-refractivity contribution in [1.82, 2.24) is 14.7 Å². The third-order valence-electron chi connectivity index (χ3n) is 3.11. The summed E-state index contributed by atoms with van der Waals surface area (Å²) in [5, 5.41) is 4.98. The van der Waals surface area contributed by atoms with Crippen molar-refractivity contribution >= 4 is 23.2 Å². The van der Waals surface area contributed by atoms with Crippen molar-refractivity contribution < 1.29 is 4.79 Å². The van der Waals surface area contributed by atoms with E-state index in [-0.39, 0.29) is 5.91 Å². The molecule has 1 aromatic carbocycles. The topological polar surface area (TPSA) is 64.2 Å². The lowest BCUT2D eigenvalue weighted by Crippen LogP contribution is -2.21. The average molecular weight is 293 g/mol. The molecule has 0 aliphatic heterocycles. The van der Waals surface area contributed by atoms with Crippen molar-refractivity contribution in [2.75, 3.05) is 19.8 Å². The molecule has 0 aliphatic carbocycles. The second kappa shape index (κ2) is 5.17. The summed E-state index contributed by atoms with van der Waals surface area (Å²) in [5.74, 6) is -0.0883. The molecule has 0 bridgehead atoms. The summed E-state index contributed by atoms with van der Waals surface area (Å²) in [6.45, 7) is 3.71. The highest BCUT2D eigenvalue weighted by Crippen LogP contribution is 2.26. The van der Waals surface area contributed by atoms with Crippen molar-refractivity contribution in [2.45, 2.75) is 13.8 Å². The van der Waals surface area contributed by atoms with E-state index >= 15 is 0 Å². The molecule has 6 heteroatoms. The van der Waals surface area contributed by atoms with Crippen LogP contribution in [0, 0.1) is 13.8 Å². The van der Waals surface area contributed by atoms with Crippen LogP contribution in [0.25, 0.3) is 5.69 Å². The molecule has 0 spiro atoms. The number of nitrogens with zero attached hydrogens (tertiary/aromatic N) is 3. The first-order valence-corrected chi connectivity index (χ1v) is 6.54. The molecule has 2 aromatic rings. The Bertz CT molecular complexity index is 676. The molecule has 20 heavy (non-hydrogen) atoms. The minimum atomic E-state index is -0.0883. The molecule has 0 aliphatic rings. The van der Waals surface area contributed by atoms with Gasteiger partial charge in [-0.05, 0) is 32.0 Å². The van der Waals surface area contributed by atoms with Gasteiger partial charge in [-0.15, -0.1) is 0 Å². The predicted octanol–water partition coefficient (Wildman–Crippen LogP) is 2.43. The van der Waals surface area contributed by atoms with Gasteiger partial charge in [0.25, 0.3) is 5.91 Å². The number of nitrogens with two attached hydrogens (primary N) is 1. The Morgan fingerprint density at radius 1 is 1.35 bits per heavy atom. The zero-order chi connectivity index (χ0) is 15.0. The number of aromatic nitrogens is 2. The third-order valence-corrected chi connectivity index (χ3v) is 3.66. The normalized spacial score (nSPS) is 10.7. The lowest BCUT2D eigenvalue weighted by Gasteiger charge is -2.13. The van der Waals surface area contributed by atoms with Crippen LogP contribution in [0.5, 0.6) is 0 Å². The molecule has 0 fully saturated rings. The van der Waals surface area contributed by atoms with Crippen LogP contribution in [0.4, 0.5) is 5.69 Å². The van der Waals surface area contributed by atoms with Crippen molar-refractivity contribution in [2.24, 2.45) is 0 Å². The van der Waals surface area contributed by atoms with Crippen LogP contribution in [-0.4, -0.2) is 34.7 Å². The largest absolute Gasteiger partial charge is 0.397 e. The number of amides is 1. The monoisotopic (exact) mass is 292 g/mol. The fraction of sp³-hybridized carbons (Fsp3) is 0.286. The summed E-state index contributed by atoms with van der Waals surface area (Å²) in [7, 11) is 3.40. The molecule has 1 aromatic heterocycles. The molecule has 0 saturated carbocycles. The summed E-state index contributed by atoms with van der Waals surface area (Å²) >= 11 is 6.14. The number of benzene rings is 1. The molecule has 1 heterocycles. The molecule has 2 N–H and O–H groups in total. The van der Waals surface area contributed by atoms with E-state index in [0.29, 0.717) is 22.0 Å². The second-order valence-corrected chi connectivity index (χ2v) is 5.25. The van der Waals surface area contributed by atoms with Gasteiger partial charge in [0.05, 0.1) is 27.8 Å². The van der Waals surface area contributed by atoms with Crippen LogP contribution in [0.3, 0.4) is 0 Å². The minimum absolute atomic E-state index is 0.0883. The van der Waals surface area contributed by atoms with Gasteiger partial charge in [0.2, 0.25) is 0 Å². The molecule has 0 radical (unpaired) electrons. The number of rotatable bonds is 2. The van der Waals surface area contributed by atoms with E-state index < -0.39 is 0 Å². The summed E-state index contributed by atoms with van der Waals surface area (Å²) in [6.07, 6.45) is 0. The fourth-order valence-corrected chi connectivity index (χ4v) is 2.11. The lowest BCUT2D eigenvalue weighted by atomic mass is 10.1. The number of anilines is 1. The Hall–Kier alpha value is -2.01. The quantitative estimate of drug-likeness (QED) is 0.865. The van der Waals surface area contributed by atoms with Crippen molar-refractivity contribution in [3.05, 3.63) is 40.2 Å². The van der Waals surface area contributed by atoms with Crippen LogP contribution < -0.4 is 5.73 Å². The van der Waals surface area contributed by atoms with Crippen LogP contribution in [-0.2, 0) is 0 Å². The number of carbonyl (C=O) groups excluding carboxylic acids is 1. The molecule has 0 atom stereocenters. The van der Waals surface area contributed by atoms with Gasteiger partial charge < -0.3 is 10.6 Å². The Morgan fingerprint density at radius 2 is 2.00 bits per heavy atom. The Labute approximate surface area is 122 Å². The van der Waals surface area contributed by atoms with E-state index in [1.54, 1.807) is 37.0 Å². The first-order chi connectivity index (χ1) is 9.32. The van der Waals surface area contributed by atoms with E-state index in [1.165, 1.54) is 4.90 Å². The Morgan fingerprint density at radius 3 is 2.45 bits per heavy atom. The minimum Gasteiger partial charge on any atom is -0.397 e. The third kappa shape index (κ3) is 2.36. The molecule has 0 saturated heterocycles. The van der Waals surface area contributed by atoms with Crippen LogP contribution >= 0.6 is 11.6 Å². The van der Waals surface area contributed by atoms with E-state index in [2.05, 4.69) is 5.10 Å². The van der Waals surface area contributed by atoms with Gasteiger partial charge in [0.1, 0.15) is 0 Å². The SMILES string of the molecule is Cc1nn(-c2ccc(C(=O)N(C)C)cc2N)c(C)c1Cl. The van der Waals surface area contributed by atoms with E-state index in [9.17, 15) is 4.79 Å². The maximum absolute atomic E-state index is 11.9. The predicted molar refractivity (Wildman–Crippen MR) is 80.5 cm³/mol. The number of hydrogen-bond acceptors (Lipinski definition) is 3. The average Bonchev–Trinajstić information content (AvgIpc) is 2.65. The smallest absolute Gasteiger partial charge is 0.253 e. The number of aryl methyl sites for hydroxylation is 1. The van der Waals surface area contributed by atoms with Gasteiger partial charge in [-0.2, -0.15) is 5.10 Å². The van der Waals surface area contributed by atoms with Crippen molar-refractivity contribution in [3.8, 4) is 5.69 Å². The highest BCUT2D eigenvalue weighted by Gasteiger charge is 2.15. The highest BCUT2D eigenvalue weighted by molar-refractivity contribution is 6.31. The van der Waals surface area contributed by atoms with Gasteiger partial charge in [0, 0.05) is 19.7 Å². The first kappa shape index (κ1) is 14.4. The zero-order valence-corrected chi connectivity index (χ0v) is 12.7. The molecule has 5 nitrogen and oxygen atoms in total. The fourth-order valence-electron chi connectivity index (χ4n) is 2.00. The Balaban J connectivity index is 2.50. The van der Waals surface area contributed by atoms with Crippen LogP contribution in [0.1, 0.15) is 21.7 Å². The summed E-state index contributed by atoms with van der Waals surface area (Å²) < 4.78 is 1.69. The van der Waals surface area contributed by atoms with E-state index in [4.69, 9.17) is 17.3 Å². The van der Waals surface area contributed by atoms with Crippen LogP contribution in [0.2, 0.25) is 5.02 Å². The number of halogens is 1. The highest BCUT2D eigenvalue weighted by atomic mass is 35.5. The van der Waals surface area contributed by atoms with Gasteiger partial charge in [0.15, 0.2) is 0 Å². The summed E-state index contributed by atoms with van der Waals surface area (Å²) in [4.78, 5) is 13.4. The first-order valence-electron chi connectivity index (χ1n) is 6.16. The van der Waals surface area contributed by atoms with Crippen molar-refractivity contribution in [1.29, 1.82) is 0 Å². The van der Waals surface area contributed by atoms with Crippen LogP contribution in [0.15, 0.2) is 18.2 Å². The van der Waals surface area contributed by atoms with Gasteiger partial charge in [-0.25, -0.2) is 4.68 Å². The standard InChI is InChI=1S/C14H17ClN4O/c1-8-13(15)9(2)19(17-8)12-6-5-10(7-11(12)16)14(20)18(3)4/h5-7H,16H2,1-4H3. The molecule has 1 amide bonds. The van der Waals surface area contributed by atoms with E-state index in [0.717, 1.165) is 11.4 Å². The molecule has 106 valence electrons.